The lowest BCUT2D eigenvalue weighted by Gasteiger charge is -2.22. The van der Waals surface area contributed by atoms with Crippen molar-refractivity contribution in [2.75, 3.05) is 17.6 Å². The highest BCUT2D eigenvalue weighted by molar-refractivity contribution is 7.99. The molecule has 0 unspecified atom stereocenters. The number of thioether (sulfide) groups is 1. The van der Waals surface area contributed by atoms with Gasteiger partial charge in [-0.15, -0.1) is 11.8 Å². The first-order valence-corrected chi connectivity index (χ1v) is 8.57. The van der Waals surface area contributed by atoms with Gasteiger partial charge in [-0.25, -0.2) is 0 Å². The number of hydrogen-bond donors (Lipinski definition) is 2. The van der Waals surface area contributed by atoms with Gasteiger partial charge in [-0.1, -0.05) is 12.1 Å². The van der Waals surface area contributed by atoms with Gasteiger partial charge in [0.1, 0.15) is 5.54 Å². The molecule has 1 aliphatic carbocycles. The fourth-order valence-corrected chi connectivity index (χ4v) is 3.42. The molecule has 0 atom stereocenters. The van der Waals surface area contributed by atoms with Crippen molar-refractivity contribution in [3.63, 3.8) is 0 Å². The summed E-state index contributed by atoms with van der Waals surface area (Å²) >= 11 is 0.671. The second kappa shape index (κ2) is 7.79. The maximum absolute atomic E-state index is 12.4. The zero-order valence-electron chi connectivity index (χ0n) is 12.9. The minimum absolute atomic E-state index is 0.0903. The fraction of sp³-hybridized carbons (Fsp3) is 0.500. The van der Waals surface area contributed by atoms with E-state index in [1.165, 1.54) is 0 Å². The summed E-state index contributed by atoms with van der Waals surface area (Å²) in [6.07, 6.45) is -1.19. The number of alkyl halides is 3. The molecule has 0 bridgehead atoms. The molecule has 2 rings (SSSR count). The van der Waals surface area contributed by atoms with Crippen molar-refractivity contribution < 1.29 is 18.0 Å². The number of carbonyl (C=O) groups is 1. The first-order valence-electron chi connectivity index (χ1n) is 7.58. The van der Waals surface area contributed by atoms with E-state index in [-0.39, 0.29) is 12.5 Å². The summed E-state index contributed by atoms with van der Waals surface area (Å²) in [5, 5.41) is 14.8. The van der Waals surface area contributed by atoms with Crippen LogP contribution in [0.15, 0.2) is 29.2 Å². The summed E-state index contributed by atoms with van der Waals surface area (Å²) in [7, 11) is 0. The SMILES string of the molecule is N#CC1(NC(=O)CNc2ccccc2SCC(F)(F)F)CCCC1. The molecule has 1 saturated carbocycles. The summed E-state index contributed by atoms with van der Waals surface area (Å²) < 4.78 is 37.1. The van der Waals surface area contributed by atoms with Crippen molar-refractivity contribution in [1.82, 2.24) is 5.32 Å². The second-order valence-corrected chi connectivity index (χ2v) is 6.72. The number of carbonyl (C=O) groups excluding carboxylic acids is 1. The van der Waals surface area contributed by atoms with E-state index < -0.39 is 17.5 Å². The Labute approximate surface area is 142 Å². The van der Waals surface area contributed by atoms with Crippen molar-refractivity contribution in [3.05, 3.63) is 24.3 Å². The topological polar surface area (TPSA) is 64.9 Å². The smallest absolute Gasteiger partial charge is 0.375 e. The average molecular weight is 357 g/mol. The number of halogens is 3. The lowest BCUT2D eigenvalue weighted by atomic mass is 10.00. The molecule has 2 N–H and O–H groups in total. The normalized spacial score (nSPS) is 16.4. The van der Waals surface area contributed by atoms with Gasteiger partial charge < -0.3 is 10.6 Å². The molecule has 1 aliphatic rings. The third-order valence-electron chi connectivity index (χ3n) is 3.77. The number of amides is 1. The predicted octanol–water partition coefficient (Wildman–Crippen LogP) is 3.71. The van der Waals surface area contributed by atoms with Crippen LogP contribution in [0.3, 0.4) is 0 Å². The highest BCUT2D eigenvalue weighted by Crippen LogP contribution is 2.32. The summed E-state index contributed by atoms with van der Waals surface area (Å²) in [4.78, 5) is 12.5. The monoisotopic (exact) mass is 357 g/mol. The predicted molar refractivity (Wildman–Crippen MR) is 86.7 cm³/mol. The minimum Gasteiger partial charge on any atom is -0.375 e. The van der Waals surface area contributed by atoms with Crippen LogP contribution in [0.5, 0.6) is 0 Å². The molecule has 0 radical (unpaired) electrons. The molecule has 0 aliphatic heterocycles. The molecule has 1 aromatic rings. The van der Waals surface area contributed by atoms with Crippen LogP contribution in [0.4, 0.5) is 18.9 Å². The number of nitriles is 1. The molecular formula is C16H18F3N3OS. The number of nitrogens with one attached hydrogen (secondary N) is 2. The number of benzene rings is 1. The molecule has 0 heterocycles. The molecule has 8 heteroatoms. The van der Waals surface area contributed by atoms with Gasteiger partial charge >= 0.3 is 6.18 Å². The Bertz CT molecular complexity index is 622. The molecular weight excluding hydrogens is 339 g/mol. The quantitative estimate of drug-likeness (QED) is 0.762. The Balaban J connectivity index is 1.92. The lowest BCUT2D eigenvalue weighted by molar-refractivity contribution is -0.120. The van der Waals surface area contributed by atoms with Crippen molar-refractivity contribution in [2.24, 2.45) is 0 Å². The Morgan fingerprint density at radius 1 is 1.29 bits per heavy atom. The summed E-state index contributed by atoms with van der Waals surface area (Å²) in [5.74, 6) is -1.33. The first-order chi connectivity index (χ1) is 11.3. The van der Waals surface area contributed by atoms with Crippen LogP contribution in [0, 0.1) is 11.3 Å². The summed E-state index contributed by atoms with van der Waals surface area (Å²) in [6, 6.07) is 8.70. The lowest BCUT2D eigenvalue weighted by Crippen LogP contribution is -2.47. The highest BCUT2D eigenvalue weighted by Gasteiger charge is 2.35. The van der Waals surface area contributed by atoms with E-state index in [4.69, 9.17) is 0 Å². The fourth-order valence-electron chi connectivity index (χ4n) is 2.63. The Morgan fingerprint density at radius 3 is 2.58 bits per heavy atom. The van der Waals surface area contributed by atoms with E-state index in [9.17, 15) is 23.2 Å². The van der Waals surface area contributed by atoms with Crippen molar-refractivity contribution in [3.8, 4) is 6.07 Å². The van der Waals surface area contributed by atoms with Crippen LogP contribution in [-0.4, -0.2) is 29.9 Å². The van der Waals surface area contributed by atoms with Crippen LogP contribution in [0.25, 0.3) is 0 Å². The number of anilines is 1. The number of hydrogen-bond acceptors (Lipinski definition) is 4. The van der Waals surface area contributed by atoms with Crippen LogP contribution >= 0.6 is 11.8 Å². The van der Waals surface area contributed by atoms with Crippen LogP contribution in [0.2, 0.25) is 0 Å². The minimum atomic E-state index is -4.25. The van der Waals surface area contributed by atoms with E-state index in [1.54, 1.807) is 24.3 Å². The molecule has 24 heavy (non-hydrogen) atoms. The zero-order valence-corrected chi connectivity index (χ0v) is 13.8. The Hall–Kier alpha value is -1.88. The standard InChI is InChI=1S/C16H18F3N3OS/c17-16(18,19)11-24-13-6-2-1-5-12(13)21-9-14(23)22-15(10-20)7-3-4-8-15/h1-2,5-6,21H,3-4,7-9,11H2,(H,22,23). The molecule has 0 saturated heterocycles. The van der Waals surface area contributed by atoms with Gasteiger partial charge in [0, 0.05) is 10.6 Å². The van der Waals surface area contributed by atoms with Gasteiger partial charge in [0.2, 0.25) is 5.91 Å². The third-order valence-corrected chi connectivity index (χ3v) is 4.91. The Kier molecular flexibility index (Phi) is 5.99. The number of para-hydroxylation sites is 1. The molecule has 1 aromatic carbocycles. The number of rotatable bonds is 6. The molecule has 0 aromatic heterocycles. The first kappa shape index (κ1) is 18.5. The molecule has 1 amide bonds. The van der Waals surface area contributed by atoms with Gasteiger partial charge in [0.15, 0.2) is 0 Å². The van der Waals surface area contributed by atoms with Crippen LogP contribution in [0.1, 0.15) is 25.7 Å². The van der Waals surface area contributed by atoms with Gasteiger partial charge in [-0.2, -0.15) is 18.4 Å². The van der Waals surface area contributed by atoms with Gasteiger partial charge in [-0.3, -0.25) is 4.79 Å². The molecule has 1 fully saturated rings. The zero-order chi connectivity index (χ0) is 17.6. The van der Waals surface area contributed by atoms with Gasteiger partial charge in [0.05, 0.1) is 18.4 Å². The van der Waals surface area contributed by atoms with Crippen molar-refractivity contribution in [1.29, 1.82) is 5.26 Å². The van der Waals surface area contributed by atoms with Crippen molar-refractivity contribution in [2.45, 2.75) is 42.3 Å². The highest BCUT2D eigenvalue weighted by atomic mass is 32.2. The largest absolute Gasteiger partial charge is 0.398 e. The molecule has 130 valence electrons. The summed E-state index contributed by atoms with van der Waals surface area (Å²) in [5.41, 5.74) is -0.331. The van der Waals surface area contributed by atoms with E-state index in [0.717, 1.165) is 12.8 Å². The van der Waals surface area contributed by atoms with Crippen molar-refractivity contribution >= 4 is 23.4 Å². The third kappa shape index (κ3) is 5.34. The summed E-state index contributed by atoms with van der Waals surface area (Å²) in [6.45, 7) is -0.0903. The van der Waals surface area contributed by atoms with Gasteiger partial charge in [-0.05, 0) is 37.8 Å². The van der Waals surface area contributed by atoms with E-state index in [2.05, 4.69) is 16.7 Å². The second-order valence-electron chi connectivity index (χ2n) is 5.70. The van der Waals surface area contributed by atoms with E-state index in [0.29, 0.717) is 35.2 Å². The Morgan fingerprint density at radius 2 is 1.96 bits per heavy atom. The van der Waals surface area contributed by atoms with E-state index >= 15 is 0 Å². The molecule has 0 spiro atoms. The van der Waals surface area contributed by atoms with Crippen LogP contribution in [-0.2, 0) is 4.79 Å². The average Bonchev–Trinajstić information content (AvgIpc) is 3.00. The van der Waals surface area contributed by atoms with E-state index in [1.807, 2.05) is 0 Å². The van der Waals surface area contributed by atoms with Crippen LogP contribution < -0.4 is 10.6 Å². The molecule has 4 nitrogen and oxygen atoms in total. The van der Waals surface area contributed by atoms with Gasteiger partial charge in [0.25, 0.3) is 0 Å². The maximum atomic E-state index is 12.4. The maximum Gasteiger partial charge on any atom is 0.398 e. The number of nitrogens with zero attached hydrogens (tertiary/aromatic N) is 1.